The van der Waals surface area contributed by atoms with Gasteiger partial charge in [0.25, 0.3) is 0 Å². The van der Waals surface area contributed by atoms with Crippen LogP contribution in [0.15, 0.2) is 18.2 Å². The Hall–Kier alpha value is 0.0400. The fourth-order valence-corrected chi connectivity index (χ4v) is 2.40. The zero-order valence-electron chi connectivity index (χ0n) is 6.44. The molecule has 0 aromatic heterocycles. The first-order chi connectivity index (χ1) is 5.13. The SMILES string of the molecule is CN(C)c1c(Cl)cccc1I. The van der Waals surface area contributed by atoms with Crippen LogP contribution in [0.3, 0.4) is 0 Å². The van der Waals surface area contributed by atoms with E-state index in [1.807, 2.05) is 37.2 Å². The minimum Gasteiger partial charge on any atom is -0.376 e. The van der Waals surface area contributed by atoms with E-state index in [4.69, 9.17) is 11.6 Å². The molecule has 0 saturated heterocycles. The highest BCUT2D eigenvalue weighted by molar-refractivity contribution is 14.1. The third-order valence-electron chi connectivity index (χ3n) is 1.38. The smallest absolute Gasteiger partial charge is 0.0686 e. The van der Waals surface area contributed by atoms with Gasteiger partial charge in [0.05, 0.1) is 10.7 Å². The third-order valence-corrected chi connectivity index (χ3v) is 2.56. The molecule has 0 radical (unpaired) electrons. The average molecular weight is 282 g/mol. The molecule has 0 saturated carbocycles. The van der Waals surface area contributed by atoms with Crippen LogP contribution >= 0.6 is 34.2 Å². The standard InChI is InChI=1S/C8H9ClIN/c1-11(2)8-6(9)4-3-5-7(8)10/h3-5H,1-2H3. The number of halogens is 2. The molecule has 1 nitrogen and oxygen atoms in total. The third kappa shape index (κ3) is 1.99. The molecule has 0 atom stereocenters. The fraction of sp³-hybridized carbons (Fsp3) is 0.250. The van der Waals surface area contributed by atoms with Gasteiger partial charge in [0.15, 0.2) is 0 Å². The summed E-state index contributed by atoms with van der Waals surface area (Å²) < 4.78 is 1.18. The van der Waals surface area contributed by atoms with Crippen LogP contribution in [0.5, 0.6) is 0 Å². The largest absolute Gasteiger partial charge is 0.376 e. The lowest BCUT2D eigenvalue weighted by atomic mass is 10.3. The molecular formula is C8H9ClIN. The summed E-state index contributed by atoms with van der Waals surface area (Å²) in [7, 11) is 3.98. The molecule has 0 aliphatic carbocycles. The second-order valence-corrected chi connectivity index (χ2v) is 4.03. The van der Waals surface area contributed by atoms with Crippen LogP contribution in [-0.4, -0.2) is 14.1 Å². The summed E-state index contributed by atoms with van der Waals surface area (Å²) in [5.74, 6) is 0. The van der Waals surface area contributed by atoms with Gasteiger partial charge in [0, 0.05) is 17.7 Å². The van der Waals surface area contributed by atoms with Crippen molar-refractivity contribution >= 4 is 39.9 Å². The maximum Gasteiger partial charge on any atom is 0.0686 e. The van der Waals surface area contributed by atoms with Gasteiger partial charge >= 0.3 is 0 Å². The summed E-state index contributed by atoms with van der Waals surface area (Å²) in [6.07, 6.45) is 0. The summed E-state index contributed by atoms with van der Waals surface area (Å²) in [5.41, 5.74) is 1.09. The van der Waals surface area contributed by atoms with Crippen LogP contribution in [0, 0.1) is 3.57 Å². The maximum absolute atomic E-state index is 5.98. The first kappa shape index (κ1) is 9.13. The molecule has 0 amide bonds. The van der Waals surface area contributed by atoms with Gasteiger partial charge in [0.1, 0.15) is 0 Å². The molecule has 1 aromatic rings. The van der Waals surface area contributed by atoms with Crippen LogP contribution in [0.1, 0.15) is 0 Å². The van der Waals surface area contributed by atoms with Crippen LogP contribution < -0.4 is 4.90 Å². The normalized spacial score (nSPS) is 9.82. The predicted molar refractivity (Wildman–Crippen MR) is 58.5 cm³/mol. The van der Waals surface area contributed by atoms with E-state index >= 15 is 0 Å². The van der Waals surface area contributed by atoms with E-state index in [1.165, 1.54) is 3.57 Å². The van der Waals surface area contributed by atoms with Gasteiger partial charge in [-0.2, -0.15) is 0 Å². The van der Waals surface area contributed by atoms with E-state index in [9.17, 15) is 0 Å². The van der Waals surface area contributed by atoms with Crippen molar-refractivity contribution in [2.45, 2.75) is 0 Å². The number of para-hydroxylation sites is 1. The Bertz CT molecular complexity index is 240. The Morgan fingerprint density at radius 3 is 2.36 bits per heavy atom. The van der Waals surface area contributed by atoms with Crippen molar-refractivity contribution in [1.29, 1.82) is 0 Å². The first-order valence-electron chi connectivity index (χ1n) is 3.24. The molecule has 0 heterocycles. The Kier molecular flexibility index (Phi) is 3.01. The number of anilines is 1. The molecule has 0 unspecified atom stereocenters. The van der Waals surface area contributed by atoms with Crippen LogP contribution in [-0.2, 0) is 0 Å². The van der Waals surface area contributed by atoms with Gasteiger partial charge in [-0.15, -0.1) is 0 Å². The van der Waals surface area contributed by atoms with E-state index < -0.39 is 0 Å². The van der Waals surface area contributed by atoms with Crippen molar-refractivity contribution in [3.05, 3.63) is 26.8 Å². The lowest BCUT2D eigenvalue weighted by molar-refractivity contribution is 1.12. The van der Waals surface area contributed by atoms with Gasteiger partial charge in [0.2, 0.25) is 0 Å². The monoisotopic (exact) mass is 281 g/mol. The minimum absolute atomic E-state index is 0.807. The maximum atomic E-state index is 5.98. The molecule has 3 heteroatoms. The van der Waals surface area contributed by atoms with Crippen LogP contribution in [0.4, 0.5) is 5.69 Å². The van der Waals surface area contributed by atoms with E-state index in [2.05, 4.69) is 22.6 Å². The Morgan fingerprint density at radius 1 is 1.36 bits per heavy atom. The number of rotatable bonds is 1. The van der Waals surface area contributed by atoms with E-state index in [0.717, 1.165) is 10.7 Å². The van der Waals surface area contributed by atoms with Gasteiger partial charge in [-0.05, 0) is 34.7 Å². The number of nitrogens with zero attached hydrogens (tertiary/aromatic N) is 1. The molecule has 0 aliphatic rings. The molecule has 60 valence electrons. The minimum atomic E-state index is 0.807. The molecule has 1 aromatic carbocycles. The summed E-state index contributed by atoms with van der Waals surface area (Å²) in [6, 6.07) is 5.90. The molecule has 0 fully saturated rings. The Labute approximate surface area is 85.5 Å². The number of hydrogen-bond acceptors (Lipinski definition) is 1. The Morgan fingerprint density at radius 2 is 2.00 bits per heavy atom. The highest BCUT2D eigenvalue weighted by atomic mass is 127. The lowest BCUT2D eigenvalue weighted by Crippen LogP contribution is -2.10. The molecule has 11 heavy (non-hydrogen) atoms. The topological polar surface area (TPSA) is 3.24 Å². The number of hydrogen-bond donors (Lipinski definition) is 0. The second-order valence-electron chi connectivity index (χ2n) is 2.46. The van der Waals surface area contributed by atoms with E-state index in [0.29, 0.717) is 0 Å². The van der Waals surface area contributed by atoms with Crippen molar-refractivity contribution in [2.24, 2.45) is 0 Å². The van der Waals surface area contributed by atoms with E-state index in [-0.39, 0.29) is 0 Å². The van der Waals surface area contributed by atoms with E-state index in [1.54, 1.807) is 0 Å². The van der Waals surface area contributed by atoms with Gasteiger partial charge in [-0.3, -0.25) is 0 Å². The fourth-order valence-electron chi connectivity index (χ4n) is 0.916. The molecule has 0 bridgehead atoms. The molecule has 1 rings (SSSR count). The molecule has 0 N–H and O–H groups in total. The van der Waals surface area contributed by atoms with Crippen molar-refractivity contribution in [3.63, 3.8) is 0 Å². The van der Waals surface area contributed by atoms with Gasteiger partial charge < -0.3 is 4.90 Å². The highest BCUT2D eigenvalue weighted by Gasteiger charge is 2.04. The number of benzene rings is 1. The molecule has 0 spiro atoms. The summed E-state index contributed by atoms with van der Waals surface area (Å²) >= 11 is 8.25. The average Bonchev–Trinajstić information content (AvgIpc) is 1.85. The van der Waals surface area contributed by atoms with Gasteiger partial charge in [-0.25, -0.2) is 0 Å². The zero-order chi connectivity index (χ0) is 8.43. The van der Waals surface area contributed by atoms with Crippen molar-refractivity contribution < 1.29 is 0 Å². The Balaban J connectivity index is 3.21. The second kappa shape index (κ2) is 3.63. The zero-order valence-corrected chi connectivity index (χ0v) is 9.35. The van der Waals surface area contributed by atoms with Gasteiger partial charge in [-0.1, -0.05) is 17.7 Å². The van der Waals surface area contributed by atoms with Crippen LogP contribution in [0.2, 0.25) is 5.02 Å². The summed E-state index contributed by atoms with van der Waals surface area (Å²) in [6.45, 7) is 0. The van der Waals surface area contributed by atoms with Crippen molar-refractivity contribution in [3.8, 4) is 0 Å². The quantitative estimate of drug-likeness (QED) is 0.715. The lowest BCUT2D eigenvalue weighted by Gasteiger charge is -2.15. The summed E-state index contributed by atoms with van der Waals surface area (Å²) in [4.78, 5) is 2.02. The predicted octanol–water partition coefficient (Wildman–Crippen LogP) is 3.01. The van der Waals surface area contributed by atoms with Crippen molar-refractivity contribution in [1.82, 2.24) is 0 Å². The highest BCUT2D eigenvalue weighted by Crippen LogP contribution is 2.28. The molecular weight excluding hydrogens is 272 g/mol. The van der Waals surface area contributed by atoms with Crippen LogP contribution in [0.25, 0.3) is 0 Å². The van der Waals surface area contributed by atoms with Crippen molar-refractivity contribution in [2.75, 3.05) is 19.0 Å². The molecule has 0 aliphatic heterocycles. The first-order valence-corrected chi connectivity index (χ1v) is 4.70. The summed E-state index contributed by atoms with van der Waals surface area (Å²) in [5, 5.41) is 0.807.